The standard InChI is InChI=1S/C25H26N4OS/c1-20-9-5-6-10-21(20)17-26-24(30)13-16-31-19-22-18-27-29(23-11-3-2-4-12-23)25(22)28-14-7-8-15-28/h2-12,14-15,18H,13,16-17,19H2,1H3,(H,26,30). The molecule has 0 saturated heterocycles. The molecule has 2 aromatic heterocycles. The van der Waals surface area contributed by atoms with E-state index in [9.17, 15) is 4.79 Å². The molecule has 0 bridgehead atoms. The van der Waals surface area contributed by atoms with Gasteiger partial charge in [-0.3, -0.25) is 4.79 Å². The third-order valence-electron chi connectivity index (χ3n) is 5.13. The van der Waals surface area contributed by atoms with Crippen LogP contribution in [0.1, 0.15) is 23.1 Å². The molecule has 0 atom stereocenters. The minimum absolute atomic E-state index is 0.0846. The average molecular weight is 431 g/mol. The van der Waals surface area contributed by atoms with Gasteiger partial charge in [0.1, 0.15) is 5.82 Å². The summed E-state index contributed by atoms with van der Waals surface area (Å²) in [7, 11) is 0. The second-order valence-corrected chi connectivity index (χ2v) is 8.44. The molecule has 0 aliphatic rings. The first kappa shape index (κ1) is 21.0. The summed E-state index contributed by atoms with van der Waals surface area (Å²) in [5.41, 5.74) is 4.53. The Kier molecular flexibility index (Phi) is 6.89. The summed E-state index contributed by atoms with van der Waals surface area (Å²) in [4.78, 5) is 12.2. The lowest BCUT2D eigenvalue weighted by Gasteiger charge is -2.11. The van der Waals surface area contributed by atoms with Gasteiger partial charge < -0.3 is 9.88 Å². The summed E-state index contributed by atoms with van der Waals surface area (Å²) in [5, 5.41) is 7.66. The van der Waals surface area contributed by atoms with Gasteiger partial charge in [0.2, 0.25) is 5.91 Å². The Morgan fingerprint density at radius 2 is 1.71 bits per heavy atom. The van der Waals surface area contributed by atoms with E-state index < -0.39 is 0 Å². The zero-order valence-electron chi connectivity index (χ0n) is 17.6. The van der Waals surface area contributed by atoms with Crippen LogP contribution in [0, 0.1) is 6.92 Å². The van der Waals surface area contributed by atoms with Crippen LogP contribution in [-0.4, -0.2) is 26.0 Å². The van der Waals surface area contributed by atoms with Crippen molar-refractivity contribution in [3.63, 3.8) is 0 Å². The van der Waals surface area contributed by atoms with E-state index in [1.54, 1.807) is 11.8 Å². The number of aromatic nitrogens is 3. The van der Waals surface area contributed by atoms with Crippen molar-refractivity contribution in [1.82, 2.24) is 19.7 Å². The third kappa shape index (κ3) is 5.27. The number of benzene rings is 2. The third-order valence-corrected chi connectivity index (χ3v) is 6.14. The largest absolute Gasteiger partial charge is 0.352 e. The second-order valence-electron chi connectivity index (χ2n) is 7.34. The van der Waals surface area contributed by atoms with Crippen molar-refractivity contribution in [1.29, 1.82) is 0 Å². The summed E-state index contributed by atoms with van der Waals surface area (Å²) in [6.45, 7) is 2.65. The summed E-state index contributed by atoms with van der Waals surface area (Å²) in [6, 6.07) is 22.3. The molecule has 0 spiro atoms. The van der Waals surface area contributed by atoms with Gasteiger partial charge in [-0.05, 0) is 42.3 Å². The highest BCUT2D eigenvalue weighted by Gasteiger charge is 2.14. The number of nitrogens with one attached hydrogen (secondary N) is 1. The molecule has 0 aliphatic carbocycles. The maximum absolute atomic E-state index is 12.2. The van der Waals surface area contributed by atoms with Crippen molar-refractivity contribution in [3.05, 3.63) is 102 Å². The van der Waals surface area contributed by atoms with Crippen molar-refractivity contribution in [2.24, 2.45) is 0 Å². The molecule has 0 aliphatic heterocycles. The van der Waals surface area contributed by atoms with E-state index in [4.69, 9.17) is 0 Å². The summed E-state index contributed by atoms with van der Waals surface area (Å²) in [5.74, 6) is 2.68. The SMILES string of the molecule is Cc1ccccc1CNC(=O)CCSCc1cnn(-c2ccccc2)c1-n1cccc1. The Balaban J connectivity index is 1.34. The van der Waals surface area contributed by atoms with E-state index in [-0.39, 0.29) is 5.91 Å². The Hall–Kier alpha value is -3.25. The molecule has 2 heterocycles. The van der Waals surface area contributed by atoms with Gasteiger partial charge in [0.15, 0.2) is 0 Å². The van der Waals surface area contributed by atoms with Gasteiger partial charge in [-0.15, -0.1) is 0 Å². The quantitative estimate of drug-likeness (QED) is 0.384. The van der Waals surface area contributed by atoms with Crippen molar-refractivity contribution in [3.8, 4) is 11.5 Å². The van der Waals surface area contributed by atoms with Gasteiger partial charge in [-0.1, -0.05) is 42.5 Å². The normalized spacial score (nSPS) is 10.9. The Bertz CT molecular complexity index is 1120. The lowest BCUT2D eigenvalue weighted by molar-refractivity contribution is -0.120. The number of carbonyl (C=O) groups excluding carboxylic acids is 1. The molecule has 6 heteroatoms. The topological polar surface area (TPSA) is 51.9 Å². The zero-order valence-corrected chi connectivity index (χ0v) is 18.4. The molecule has 1 N–H and O–H groups in total. The fraction of sp³-hybridized carbons (Fsp3) is 0.200. The number of carbonyl (C=O) groups is 1. The van der Waals surface area contributed by atoms with Crippen LogP contribution in [0.4, 0.5) is 0 Å². The van der Waals surface area contributed by atoms with Gasteiger partial charge in [-0.25, -0.2) is 4.68 Å². The van der Waals surface area contributed by atoms with E-state index in [0.29, 0.717) is 13.0 Å². The Labute approximate surface area is 187 Å². The number of amides is 1. The monoisotopic (exact) mass is 430 g/mol. The van der Waals surface area contributed by atoms with Crippen LogP contribution in [-0.2, 0) is 17.1 Å². The van der Waals surface area contributed by atoms with Crippen LogP contribution in [0.2, 0.25) is 0 Å². The maximum Gasteiger partial charge on any atom is 0.221 e. The first-order valence-electron chi connectivity index (χ1n) is 10.4. The second kappa shape index (κ2) is 10.2. The molecule has 158 valence electrons. The highest BCUT2D eigenvalue weighted by molar-refractivity contribution is 7.98. The molecule has 0 unspecified atom stereocenters. The van der Waals surface area contributed by atoms with Crippen LogP contribution in [0.15, 0.2) is 85.3 Å². The summed E-state index contributed by atoms with van der Waals surface area (Å²) < 4.78 is 4.05. The molecule has 0 fully saturated rings. The van der Waals surface area contributed by atoms with E-state index in [0.717, 1.165) is 34.1 Å². The summed E-state index contributed by atoms with van der Waals surface area (Å²) in [6.07, 6.45) is 6.49. The molecule has 1 amide bonds. The molecule has 4 rings (SSSR count). The number of thioether (sulfide) groups is 1. The van der Waals surface area contributed by atoms with Crippen molar-refractivity contribution in [2.75, 3.05) is 5.75 Å². The zero-order chi connectivity index (χ0) is 21.5. The van der Waals surface area contributed by atoms with E-state index in [1.807, 2.05) is 65.7 Å². The first-order valence-corrected chi connectivity index (χ1v) is 11.5. The van der Waals surface area contributed by atoms with Gasteiger partial charge in [-0.2, -0.15) is 16.9 Å². The van der Waals surface area contributed by atoms with Crippen molar-refractivity contribution < 1.29 is 4.79 Å². The molecule has 31 heavy (non-hydrogen) atoms. The smallest absolute Gasteiger partial charge is 0.221 e. The highest BCUT2D eigenvalue weighted by Crippen LogP contribution is 2.24. The van der Waals surface area contributed by atoms with Gasteiger partial charge in [0.25, 0.3) is 0 Å². The predicted molar refractivity (Wildman–Crippen MR) is 127 cm³/mol. The number of nitrogens with zero attached hydrogens (tertiary/aromatic N) is 3. The van der Waals surface area contributed by atoms with Crippen molar-refractivity contribution in [2.45, 2.75) is 25.6 Å². The fourth-order valence-electron chi connectivity index (χ4n) is 3.42. The Morgan fingerprint density at radius 3 is 2.48 bits per heavy atom. The van der Waals surface area contributed by atoms with E-state index in [2.05, 4.69) is 46.2 Å². The molecular weight excluding hydrogens is 404 g/mol. The lowest BCUT2D eigenvalue weighted by atomic mass is 10.1. The van der Waals surface area contributed by atoms with Gasteiger partial charge >= 0.3 is 0 Å². The Morgan fingerprint density at radius 1 is 0.968 bits per heavy atom. The molecule has 0 radical (unpaired) electrons. The van der Waals surface area contributed by atoms with E-state index in [1.165, 1.54) is 5.56 Å². The van der Waals surface area contributed by atoms with Gasteiger partial charge in [0, 0.05) is 42.4 Å². The molecular formula is C25H26N4OS. The van der Waals surface area contributed by atoms with Crippen LogP contribution in [0.25, 0.3) is 11.5 Å². The van der Waals surface area contributed by atoms with Crippen LogP contribution < -0.4 is 5.32 Å². The van der Waals surface area contributed by atoms with Crippen LogP contribution in [0.3, 0.4) is 0 Å². The fourth-order valence-corrected chi connectivity index (χ4v) is 4.32. The molecule has 0 saturated carbocycles. The number of aryl methyl sites for hydroxylation is 1. The van der Waals surface area contributed by atoms with Crippen LogP contribution >= 0.6 is 11.8 Å². The molecule has 2 aromatic carbocycles. The van der Waals surface area contributed by atoms with Crippen molar-refractivity contribution >= 4 is 17.7 Å². The van der Waals surface area contributed by atoms with Crippen LogP contribution in [0.5, 0.6) is 0 Å². The maximum atomic E-state index is 12.2. The average Bonchev–Trinajstić information content (AvgIpc) is 3.46. The first-order chi connectivity index (χ1) is 15.2. The predicted octanol–water partition coefficient (Wildman–Crippen LogP) is 4.91. The number of hydrogen-bond acceptors (Lipinski definition) is 3. The van der Waals surface area contributed by atoms with E-state index >= 15 is 0 Å². The highest BCUT2D eigenvalue weighted by atomic mass is 32.2. The molecule has 5 nitrogen and oxygen atoms in total. The number of rotatable bonds is 9. The van der Waals surface area contributed by atoms with Gasteiger partial charge in [0.05, 0.1) is 11.9 Å². The number of hydrogen-bond donors (Lipinski definition) is 1. The summed E-state index contributed by atoms with van der Waals surface area (Å²) >= 11 is 1.75. The molecule has 4 aromatic rings. The lowest BCUT2D eigenvalue weighted by Crippen LogP contribution is -2.23. The minimum Gasteiger partial charge on any atom is -0.352 e. The number of para-hydroxylation sites is 1. The minimum atomic E-state index is 0.0846.